The number of hydrogen-bond donors (Lipinski definition) is 0. The summed E-state index contributed by atoms with van der Waals surface area (Å²) >= 11 is 2.77. The Balaban J connectivity index is 2.19. The van der Waals surface area contributed by atoms with Crippen LogP contribution >= 0.6 is 23.1 Å². The average molecular weight is 330 g/mol. The van der Waals surface area contributed by atoms with Crippen LogP contribution in [0.25, 0.3) is 0 Å². The van der Waals surface area contributed by atoms with Gasteiger partial charge in [0.1, 0.15) is 15.4 Å². The van der Waals surface area contributed by atoms with Gasteiger partial charge >= 0.3 is 0 Å². The molecule has 0 aliphatic heterocycles. The van der Waals surface area contributed by atoms with Crippen molar-refractivity contribution in [3.63, 3.8) is 0 Å². The summed E-state index contributed by atoms with van der Waals surface area (Å²) in [6.07, 6.45) is 1.39. The highest BCUT2D eigenvalue weighted by atomic mass is 32.2. The van der Waals surface area contributed by atoms with E-state index < -0.39 is 10.0 Å². The zero-order chi connectivity index (χ0) is 14.6. The van der Waals surface area contributed by atoms with Crippen LogP contribution in [0.15, 0.2) is 38.1 Å². The second-order valence-electron chi connectivity index (χ2n) is 3.73. The van der Waals surface area contributed by atoms with Crippen molar-refractivity contribution in [2.75, 3.05) is 13.1 Å². The van der Waals surface area contributed by atoms with Crippen molar-refractivity contribution >= 4 is 33.1 Å². The molecule has 9 heteroatoms. The van der Waals surface area contributed by atoms with Gasteiger partial charge in [0, 0.05) is 19.3 Å². The number of pyridine rings is 1. The first-order valence-electron chi connectivity index (χ1n) is 5.98. The SMILES string of the molecule is CCN(CC)S(=O)(=O)c1ccc(Sc2nncs2)nc1. The van der Waals surface area contributed by atoms with Crippen molar-refractivity contribution in [3.05, 3.63) is 23.8 Å². The molecule has 108 valence electrons. The van der Waals surface area contributed by atoms with Gasteiger partial charge in [-0.15, -0.1) is 10.2 Å². The van der Waals surface area contributed by atoms with Crippen molar-refractivity contribution < 1.29 is 8.42 Å². The smallest absolute Gasteiger partial charge is 0.244 e. The van der Waals surface area contributed by atoms with Gasteiger partial charge in [-0.05, 0) is 23.9 Å². The van der Waals surface area contributed by atoms with Crippen LogP contribution in [0.1, 0.15) is 13.8 Å². The summed E-state index contributed by atoms with van der Waals surface area (Å²) in [5.74, 6) is 0. The summed E-state index contributed by atoms with van der Waals surface area (Å²) in [5, 5.41) is 8.33. The van der Waals surface area contributed by atoms with Gasteiger partial charge in [-0.2, -0.15) is 4.31 Å². The van der Waals surface area contributed by atoms with Crippen LogP contribution < -0.4 is 0 Å². The first kappa shape index (κ1) is 15.4. The van der Waals surface area contributed by atoms with Gasteiger partial charge in [0.05, 0.1) is 0 Å². The van der Waals surface area contributed by atoms with Gasteiger partial charge in [0.15, 0.2) is 4.34 Å². The molecule has 0 N–H and O–H groups in total. The number of hydrogen-bond acceptors (Lipinski definition) is 7. The highest BCUT2D eigenvalue weighted by molar-refractivity contribution is 8.01. The number of aromatic nitrogens is 3. The van der Waals surface area contributed by atoms with Crippen molar-refractivity contribution in [2.45, 2.75) is 28.1 Å². The molecule has 0 amide bonds. The third kappa shape index (κ3) is 3.35. The Kier molecular flexibility index (Phi) is 5.08. The maximum atomic E-state index is 12.3. The molecule has 0 unspecified atom stereocenters. The standard InChI is InChI=1S/C11H14N4O2S3/c1-3-15(4-2)20(16,17)9-5-6-10(12-7-9)19-11-14-13-8-18-11/h5-8H,3-4H2,1-2H3. The summed E-state index contributed by atoms with van der Waals surface area (Å²) in [4.78, 5) is 4.38. The van der Waals surface area contributed by atoms with E-state index in [0.29, 0.717) is 18.1 Å². The monoisotopic (exact) mass is 330 g/mol. The predicted molar refractivity (Wildman–Crippen MR) is 78.4 cm³/mol. The third-order valence-corrected chi connectivity index (χ3v) is 6.35. The van der Waals surface area contributed by atoms with Gasteiger partial charge in [0.25, 0.3) is 0 Å². The topological polar surface area (TPSA) is 76.1 Å². The van der Waals surface area contributed by atoms with E-state index in [1.54, 1.807) is 17.6 Å². The fourth-order valence-electron chi connectivity index (χ4n) is 1.59. The van der Waals surface area contributed by atoms with Crippen molar-refractivity contribution in [3.8, 4) is 0 Å². The van der Waals surface area contributed by atoms with Gasteiger partial charge < -0.3 is 0 Å². The second-order valence-corrected chi connectivity index (χ2v) is 7.77. The molecule has 2 aromatic heterocycles. The highest BCUT2D eigenvalue weighted by Crippen LogP contribution is 2.27. The Hall–Kier alpha value is -1.03. The summed E-state index contributed by atoms with van der Waals surface area (Å²) in [6.45, 7) is 4.52. The number of rotatable bonds is 6. The van der Waals surface area contributed by atoms with E-state index in [0.717, 1.165) is 4.34 Å². The molecule has 0 bridgehead atoms. The average Bonchev–Trinajstić information content (AvgIpc) is 2.93. The van der Waals surface area contributed by atoms with E-state index in [9.17, 15) is 8.42 Å². The lowest BCUT2D eigenvalue weighted by atomic mass is 10.5. The minimum absolute atomic E-state index is 0.211. The second kappa shape index (κ2) is 6.61. The van der Waals surface area contributed by atoms with Crippen LogP contribution in [0, 0.1) is 0 Å². The molecular weight excluding hydrogens is 316 g/mol. The maximum Gasteiger partial charge on any atom is 0.244 e. The predicted octanol–water partition coefficient (Wildman–Crippen LogP) is 2.11. The highest BCUT2D eigenvalue weighted by Gasteiger charge is 2.21. The summed E-state index contributed by atoms with van der Waals surface area (Å²) in [7, 11) is -3.44. The molecule has 20 heavy (non-hydrogen) atoms. The van der Waals surface area contributed by atoms with Crippen LogP contribution in [0.4, 0.5) is 0 Å². The minimum Gasteiger partial charge on any atom is -0.248 e. The van der Waals surface area contributed by atoms with Gasteiger partial charge in [-0.25, -0.2) is 13.4 Å². The first-order valence-corrected chi connectivity index (χ1v) is 9.11. The van der Waals surface area contributed by atoms with E-state index >= 15 is 0 Å². The molecule has 2 rings (SSSR count). The Labute approximate surface area is 126 Å². The van der Waals surface area contributed by atoms with E-state index in [2.05, 4.69) is 15.2 Å². The molecule has 6 nitrogen and oxygen atoms in total. The summed E-state index contributed by atoms with van der Waals surface area (Å²) in [6, 6.07) is 3.26. The molecule has 0 atom stereocenters. The fraction of sp³-hybridized carbons (Fsp3) is 0.364. The molecular formula is C11H14N4O2S3. The van der Waals surface area contributed by atoms with E-state index in [1.165, 1.54) is 33.6 Å². The lowest BCUT2D eigenvalue weighted by Crippen LogP contribution is -2.30. The zero-order valence-corrected chi connectivity index (χ0v) is 13.5. The summed E-state index contributed by atoms with van der Waals surface area (Å²) < 4.78 is 26.7. The molecule has 2 aromatic rings. The quantitative estimate of drug-likeness (QED) is 0.807. The van der Waals surface area contributed by atoms with Crippen LogP contribution in [-0.2, 0) is 10.0 Å². The molecule has 0 radical (unpaired) electrons. The Morgan fingerprint density at radius 3 is 2.55 bits per heavy atom. The summed E-state index contributed by atoms with van der Waals surface area (Å²) in [5.41, 5.74) is 1.64. The normalized spacial score (nSPS) is 11.9. The molecule has 0 saturated heterocycles. The lowest BCUT2D eigenvalue weighted by molar-refractivity contribution is 0.445. The minimum atomic E-state index is -3.44. The van der Waals surface area contributed by atoms with Crippen LogP contribution in [-0.4, -0.2) is 41.0 Å². The molecule has 0 aliphatic carbocycles. The van der Waals surface area contributed by atoms with E-state index in [-0.39, 0.29) is 4.90 Å². The van der Waals surface area contributed by atoms with Crippen LogP contribution in [0.2, 0.25) is 0 Å². The molecule has 2 heterocycles. The lowest BCUT2D eigenvalue weighted by Gasteiger charge is -2.18. The van der Waals surface area contributed by atoms with Crippen LogP contribution in [0.5, 0.6) is 0 Å². The Bertz CT molecular complexity index is 637. The fourth-order valence-corrected chi connectivity index (χ4v) is 4.36. The van der Waals surface area contributed by atoms with Crippen molar-refractivity contribution in [1.29, 1.82) is 0 Å². The Morgan fingerprint density at radius 2 is 2.05 bits per heavy atom. The van der Waals surface area contributed by atoms with Gasteiger partial charge in [0.2, 0.25) is 10.0 Å². The molecule has 0 spiro atoms. The molecule has 0 saturated carbocycles. The largest absolute Gasteiger partial charge is 0.248 e. The van der Waals surface area contributed by atoms with Gasteiger partial charge in [-0.1, -0.05) is 25.2 Å². The zero-order valence-electron chi connectivity index (χ0n) is 11.1. The van der Waals surface area contributed by atoms with Crippen molar-refractivity contribution in [2.24, 2.45) is 0 Å². The van der Waals surface area contributed by atoms with E-state index in [1.807, 2.05) is 13.8 Å². The first-order chi connectivity index (χ1) is 9.57. The number of sulfonamides is 1. The number of nitrogens with zero attached hydrogens (tertiary/aromatic N) is 4. The van der Waals surface area contributed by atoms with Crippen molar-refractivity contribution in [1.82, 2.24) is 19.5 Å². The van der Waals surface area contributed by atoms with Gasteiger partial charge in [-0.3, -0.25) is 0 Å². The molecule has 0 fully saturated rings. The third-order valence-electron chi connectivity index (χ3n) is 2.58. The molecule has 0 aromatic carbocycles. The maximum absolute atomic E-state index is 12.3. The van der Waals surface area contributed by atoms with Crippen LogP contribution in [0.3, 0.4) is 0 Å². The molecule has 0 aliphatic rings. The Morgan fingerprint density at radius 1 is 1.30 bits per heavy atom. The van der Waals surface area contributed by atoms with E-state index in [4.69, 9.17) is 0 Å².